The number of piperazine rings is 1. The minimum Gasteiger partial charge on any atom is -0.338 e. The lowest BCUT2D eigenvalue weighted by Gasteiger charge is -2.31. The summed E-state index contributed by atoms with van der Waals surface area (Å²) < 4.78 is 0.921. The molecule has 0 saturated carbocycles. The van der Waals surface area contributed by atoms with Gasteiger partial charge in [-0.05, 0) is 22.9 Å². The average Bonchev–Trinajstić information content (AvgIpc) is 2.19. The standard InChI is InChI=1S/C9H13BrN4/c1-7-6-14(3-2-11-7)9-12-4-8(10)5-13-9/h4-5,7,11H,2-3,6H2,1H3. The molecule has 1 aromatic rings. The highest BCUT2D eigenvalue weighted by Gasteiger charge is 2.17. The van der Waals surface area contributed by atoms with Gasteiger partial charge in [0.2, 0.25) is 5.95 Å². The number of hydrogen-bond donors (Lipinski definition) is 1. The Labute approximate surface area is 91.9 Å². The number of halogens is 1. The fourth-order valence-corrected chi connectivity index (χ4v) is 1.79. The molecule has 1 fully saturated rings. The van der Waals surface area contributed by atoms with Gasteiger partial charge in [0.25, 0.3) is 0 Å². The molecule has 14 heavy (non-hydrogen) atoms. The highest BCUT2D eigenvalue weighted by Crippen LogP contribution is 2.12. The van der Waals surface area contributed by atoms with Gasteiger partial charge in [-0.2, -0.15) is 0 Å². The third kappa shape index (κ3) is 2.22. The molecule has 1 aliphatic rings. The Morgan fingerprint density at radius 2 is 2.21 bits per heavy atom. The third-order valence-corrected chi connectivity index (χ3v) is 2.67. The Hall–Kier alpha value is -0.680. The highest BCUT2D eigenvalue weighted by atomic mass is 79.9. The fraction of sp³-hybridized carbons (Fsp3) is 0.556. The summed E-state index contributed by atoms with van der Waals surface area (Å²) in [5.41, 5.74) is 0. The van der Waals surface area contributed by atoms with Crippen LogP contribution < -0.4 is 10.2 Å². The molecule has 0 aromatic carbocycles. The molecule has 0 radical (unpaired) electrons. The minimum atomic E-state index is 0.510. The Bertz CT molecular complexity index is 300. The van der Waals surface area contributed by atoms with Crippen molar-refractivity contribution in [3.8, 4) is 0 Å². The van der Waals surface area contributed by atoms with Gasteiger partial charge in [0.15, 0.2) is 0 Å². The van der Waals surface area contributed by atoms with E-state index in [2.05, 4.69) is 43.0 Å². The molecule has 1 unspecified atom stereocenters. The topological polar surface area (TPSA) is 41.1 Å². The van der Waals surface area contributed by atoms with Crippen LogP contribution in [0.15, 0.2) is 16.9 Å². The number of nitrogens with one attached hydrogen (secondary N) is 1. The number of hydrogen-bond acceptors (Lipinski definition) is 4. The second-order valence-electron chi connectivity index (χ2n) is 3.50. The van der Waals surface area contributed by atoms with E-state index in [9.17, 15) is 0 Å². The molecule has 1 aromatic heterocycles. The Morgan fingerprint density at radius 3 is 2.86 bits per heavy atom. The largest absolute Gasteiger partial charge is 0.338 e. The van der Waals surface area contributed by atoms with E-state index in [0.29, 0.717) is 6.04 Å². The summed E-state index contributed by atoms with van der Waals surface area (Å²) >= 11 is 3.33. The molecule has 4 nitrogen and oxygen atoms in total. The van der Waals surface area contributed by atoms with Crippen molar-refractivity contribution in [3.63, 3.8) is 0 Å². The van der Waals surface area contributed by atoms with Crippen LogP contribution in [0.1, 0.15) is 6.92 Å². The lowest BCUT2D eigenvalue weighted by molar-refractivity contribution is 0.479. The van der Waals surface area contributed by atoms with Crippen molar-refractivity contribution in [1.82, 2.24) is 15.3 Å². The minimum absolute atomic E-state index is 0.510. The van der Waals surface area contributed by atoms with E-state index in [1.54, 1.807) is 12.4 Å². The number of anilines is 1. The second kappa shape index (κ2) is 4.23. The van der Waals surface area contributed by atoms with Crippen LogP contribution in [0, 0.1) is 0 Å². The van der Waals surface area contributed by atoms with Crippen molar-refractivity contribution in [1.29, 1.82) is 0 Å². The van der Waals surface area contributed by atoms with Gasteiger partial charge in [0.05, 0.1) is 4.47 Å². The molecule has 0 amide bonds. The van der Waals surface area contributed by atoms with Gasteiger partial charge in [-0.1, -0.05) is 0 Å². The van der Waals surface area contributed by atoms with Gasteiger partial charge in [0.1, 0.15) is 0 Å². The first-order valence-corrected chi connectivity index (χ1v) is 5.51. The highest BCUT2D eigenvalue weighted by molar-refractivity contribution is 9.10. The predicted octanol–water partition coefficient (Wildman–Crippen LogP) is 1.04. The lowest BCUT2D eigenvalue weighted by Crippen LogP contribution is -2.49. The number of aromatic nitrogens is 2. The van der Waals surface area contributed by atoms with Gasteiger partial charge in [-0.3, -0.25) is 0 Å². The zero-order valence-electron chi connectivity index (χ0n) is 8.07. The first-order valence-electron chi connectivity index (χ1n) is 4.71. The van der Waals surface area contributed by atoms with E-state index in [1.165, 1.54) is 0 Å². The molecule has 1 saturated heterocycles. The third-order valence-electron chi connectivity index (χ3n) is 2.26. The van der Waals surface area contributed by atoms with E-state index in [1.807, 2.05) is 0 Å². The van der Waals surface area contributed by atoms with Gasteiger partial charge in [-0.25, -0.2) is 9.97 Å². The van der Waals surface area contributed by atoms with Crippen LogP contribution in [0.25, 0.3) is 0 Å². The van der Waals surface area contributed by atoms with Crippen LogP contribution >= 0.6 is 15.9 Å². The molecule has 76 valence electrons. The summed E-state index contributed by atoms with van der Waals surface area (Å²) in [5.74, 6) is 0.821. The van der Waals surface area contributed by atoms with Crippen molar-refractivity contribution >= 4 is 21.9 Å². The Morgan fingerprint density at radius 1 is 1.50 bits per heavy atom. The number of nitrogens with zero attached hydrogens (tertiary/aromatic N) is 3. The summed E-state index contributed by atoms with van der Waals surface area (Å²) in [4.78, 5) is 10.8. The van der Waals surface area contributed by atoms with Crippen LogP contribution in [-0.2, 0) is 0 Å². The molecule has 1 atom stereocenters. The normalized spacial score (nSPS) is 22.4. The first kappa shape index (κ1) is 9.86. The maximum Gasteiger partial charge on any atom is 0.225 e. The van der Waals surface area contributed by atoms with Crippen LogP contribution in [0.3, 0.4) is 0 Å². The van der Waals surface area contributed by atoms with E-state index in [-0.39, 0.29) is 0 Å². The molecule has 0 spiro atoms. The predicted molar refractivity (Wildman–Crippen MR) is 59.4 cm³/mol. The van der Waals surface area contributed by atoms with Crippen LogP contribution in [0.2, 0.25) is 0 Å². The summed E-state index contributed by atoms with van der Waals surface area (Å²) in [5, 5.41) is 3.39. The summed E-state index contributed by atoms with van der Waals surface area (Å²) in [6.45, 7) is 5.12. The van der Waals surface area contributed by atoms with Crippen molar-refractivity contribution < 1.29 is 0 Å². The molecular formula is C9H13BrN4. The van der Waals surface area contributed by atoms with Crippen LogP contribution in [0.5, 0.6) is 0 Å². The molecule has 2 rings (SSSR count). The van der Waals surface area contributed by atoms with Gasteiger partial charge in [0, 0.05) is 38.1 Å². The van der Waals surface area contributed by atoms with Crippen molar-refractivity contribution in [2.45, 2.75) is 13.0 Å². The molecule has 2 heterocycles. The quantitative estimate of drug-likeness (QED) is 0.816. The number of rotatable bonds is 1. The molecule has 0 aliphatic carbocycles. The fourth-order valence-electron chi connectivity index (χ4n) is 1.58. The maximum atomic E-state index is 4.28. The smallest absolute Gasteiger partial charge is 0.225 e. The Kier molecular flexibility index (Phi) is 2.98. The average molecular weight is 257 g/mol. The monoisotopic (exact) mass is 256 g/mol. The van der Waals surface area contributed by atoms with E-state index in [0.717, 1.165) is 30.1 Å². The van der Waals surface area contributed by atoms with E-state index in [4.69, 9.17) is 0 Å². The van der Waals surface area contributed by atoms with E-state index >= 15 is 0 Å². The van der Waals surface area contributed by atoms with Gasteiger partial charge in [-0.15, -0.1) is 0 Å². The SMILES string of the molecule is CC1CN(c2ncc(Br)cn2)CCN1. The lowest BCUT2D eigenvalue weighted by atomic mass is 10.2. The molecule has 1 aliphatic heterocycles. The zero-order valence-corrected chi connectivity index (χ0v) is 9.66. The van der Waals surface area contributed by atoms with E-state index < -0.39 is 0 Å². The van der Waals surface area contributed by atoms with Crippen LogP contribution in [-0.4, -0.2) is 35.6 Å². The van der Waals surface area contributed by atoms with Crippen LogP contribution in [0.4, 0.5) is 5.95 Å². The van der Waals surface area contributed by atoms with Crippen molar-refractivity contribution in [3.05, 3.63) is 16.9 Å². The maximum absolute atomic E-state index is 4.28. The molecule has 0 bridgehead atoms. The van der Waals surface area contributed by atoms with Crippen molar-refractivity contribution in [2.24, 2.45) is 0 Å². The van der Waals surface area contributed by atoms with Gasteiger partial charge >= 0.3 is 0 Å². The second-order valence-corrected chi connectivity index (χ2v) is 4.42. The summed E-state index contributed by atoms with van der Waals surface area (Å²) in [6, 6.07) is 0.510. The molecule has 5 heteroatoms. The Balaban J connectivity index is 2.10. The molecule has 1 N–H and O–H groups in total. The van der Waals surface area contributed by atoms with Crippen molar-refractivity contribution in [2.75, 3.05) is 24.5 Å². The first-order chi connectivity index (χ1) is 6.75. The summed E-state index contributed by atoms with van der Waals surface area (Å²) in [6.07, 6.45) is 3.57. The zero-order chi connectivity index (χ0) is 9.97. The van der Waals surface area contributed by atoms with Gasteiger partial charge < -0.3 is 10.2 Å². The molecular weight excluding hydrogens is 244 g/mol. The summed E-state index contributed by atoms with van der Waals surface area (Å²) in [7, 11) is 0.